The number of pyridine rings is 1. The maximum absolute atomic E-state index is 12.5. The largest absolute Gasteiger partial charge is 0.376 e. The van der Waals surface area contributed by atoms with Crippen LogP contribution in [-0.4, -0.2) is 42.6 Å². The van der Waals surface area contributed by atoms with Gasteiger partial charge in [-0.05, 0) is 25.0 Å². The maximum Gasteiger partial charge on any atom is 0.248 e. The Labute approximate surface area is 133 Å². The fourth-order valence-corrected chi connectivity index (χ4v) is 3.28. The molecule has 1 aliphatic heterocycles. The second-order valence-corrected chi connectivity index (χ2v) is 6.32. The Balaban J connectivity index is 1.68. The second kappa shape index (κ2) is 6.31. The molecule has 0 aliphatic carbocycles. The fraction of sp³-hybridized carbons (Fsp3) is 0.400. The highest BCUT2D eigenvalue weighted by atomic mass is 32.1. The first-order valence-electron chi connectivity index (χ1n) is 7.25. The van der Waals surface area contributed by atoms with Crippen molar-refractivity contribution in [3.8, 4) is 0 Å². The molecule has 0 spiro atoms. The number of nitrogens with zero attached hydrogens (tertiary/aromatic N) is 4. The van der Waals surface area contributed by atoms with Gasteiger partial charge in [-0.15, -0.1) is 11.3 Å². The van der Waals surface area contributed by atoms with E-state index in [9.17, 15) is 4.79 Å². The number of thiazole rings is 1. The highest BCUT2D eigenvalue weighted by molar-refractivity contribution is 7.13. The van der Waals surface area contributed by atoms with Gasteiger partial charge in [0.2, 0.25) is 5.91 Å². The monoisotopic (exact) mass is 317 g/mol. The quantitative estimate of drug-likeness (QED) is 0.937. The van der Waals surface area contributed by atoms with Gasteiger partial charge in [0, 0.05) is 32.2 Å². The molecule has 0 aromatic carbocycles. The van der Waals surface area contributed by atoms with E-state index in [-0.39, 0.29) is 11.9 Å². The zero-order chi connectivity index (χ0) is 15.5. The summed E-state index contributed by atoms with van der Waals surface area (Å²) in [6.07, 6.45) is 5.38. The van der Waals surface area contributed by atoms with Crippen LogP contribution in [0, 0.1) is 0 Å². The zero-order valence-electron chi connectivity index (χ0n) is 12.7. The number of hydrogen-bond donors (Lipinski definition) is 1. The number of rotatable bonds is 4. The third-order valence-electron chi connectivity index (χ3n) is 3.74. The van der Waals surface area contributed by atoms with Crippen LogP contribution in [0.2, 0.25) is 0 Å². The summed E-state index contributed by atoms with van der Waals surface area (Å²) in [4.78, 5) is 25.2. The highest BCUT2D eigenvalue weighted by Crippen LogP contribution is 2.27. The number of carbonyl (C=O) groups is 1. The van der Waals surface area contributed by atoms with Crippen molar-refractivity contribution in [1.29, 1.82) is 0 Å². The molecule has 2 aromatic rings. The standard InChI is InChI=1S/C15H19N5OS/c1-19(2)11-5-6-13(17-10-11)18-14(21)12-4-3-8-20(12)15-16-7-9-22-15/h5-7,9-10,12H,3-4,8H2,1-2H3,(H,17,18,21). The van der Waals surface area contributed by atoms with Crippen LogP contribution in [-0.2, 0) is 4.79 Å². The molecule has 22 heavy (non-hydrogen) atoms. The molecule has 0 bridgehead atoms. The van der Waals surface area contributed by atoms with Gasteiger partial charge in [-0.3, -0.25) is 4.79 Å². The summed E-state index contributed by atoms with van der Waals surface area (Å²) in [6.45, 7) is 0.874. The van der Waals surface area contributed by atoms with Crippen LogP contribution in [0.25, 0.3) is 0 Å². The van der Waals surface area contributed by atoms with E-state index < -0.39 is 0 Å². The Hall–Kier alpha value is -2.15. The molecule has 1 saturated heterocycles. The van der Waals surface area contributed by atoms with Gasteiger partial charge in [0.25, 0.3) is 0 Å². The lowest BCUT2D eigenvalue weighted by Gasteiger charge is -2.23. The summed E-state index contributed by atoms with van der Waals surface area (Å²) < 4.78 is 0. The van der Waals surface area contributed by atoms with Crippen LogP contribution in [0.5, 0.6) is 0 Å². The Morgan fingerprint density at radius 1 is 1.41 bits per heavy atom. The number of aromatic nitrogens is 2. The average Bonchev–Trinajstić information content (AvgIpc) is 3.18. The molecule has 6 nitrogen and oxygen atoms in total. The number of hydrogen-bond acceptors (Lipinski definition) is 6. The van der Waals surface area contributed by atoms with Crippen molar-refractivity contribution in [1.82, 2.24) is 9.97 Å². The summed E-state index contributed by atoms with van der Waals surface area (Å²) >= 11 is 1.57. The van der Waals surface area contributed by atoms with Crippen molar-refractivity contribution < 1.29 is 4.79 Å². The van der Waals surface area contributed by atoms with E-state index >= 15 is 0 Å². The van der Waals surface area contributed by atoms with Crippen LogP contribution in [0.1, 0.15) is 12.8 Å². The van der Waals surface area contributed by atoms with Gasteiger partial charge in [0.15, 0.2) is 5.13 Å². The number of nitrogens with one attached hydrogen (secondary N) is 1. The van der Waals surface area contributed by atoms with Crippen molar-refractivity contribution in [2.75, 3.05) is 35.8 Å². The first-order chi connectivity index (χ1) is 10.6. The first-order valence-corrected chi connectivity index (χ1v) is 8.13. The minimum Gasteiger partial charge on any atom is -0.376 e. The molecule has 1 fully saturated rings. The molecule has 1 N–H and O–H groups in total. The lowest BCUT2D eigenvalue weighted by atomic mass is 10.2. The minimum absolute atomic E-state index is 0.0159. The van der Waals surface area contributed by atoms with Crippen LogP contribution in [0.15, 0.2) is 29.9 Å². The van der Waals surface area contributed by atoms with Crippen molar-refractivity contribution in [3.05, 3.63) is 29.9 Å². The maximum atomic E-state index is 12.5. The summed E-state index contributed by atoms with van der Waals surface area (Å²) in [5, 5.41) is 5.75. The van der Waals surface area contributed by atoms with Gasteiger partial charge in [-0.2, -0.15) is 0 Å². The number of anilines is 3. The molecule has 1 amide bonds. The lowest BCUT2D eigenvalue weighted by molar-refractivity contribution is -0.117. The normalized spacial score (nSPS) is 17.5. The highest BCUT2D eigenvalue weighted by Gasteiger charge is 2.32. The Morgan fingerprint density at radius 3 is 2.91 bits per heavy atom. The van der Waals surface area contributed by atoms with E-state index in [1.54, 1.807) is 23.7 Å². The topological polar surface area (TPSA) is 61.4 Å². The van der Waals surface area contributed by atoms with Gasteiger partial charge in [0.1, 0.15) is 11.9 Å². The summed E-state index contributed by atoms with van der Waals surface area (Å²) in [7, 11) is 3.92. The van der Waals surface area contributed by atoms with Crippen molar-refractivity contribution in [3.63, 3.8) is 0 Å². The molecule has 0 saturated carbocycles. The third-order valence-corrected chi connectivity index (χ3v) is 4.54. The van der Waals surface area contributed by atoms with Crippen LogP contribution >= 0.6 is 11.3 Å². The van der Waals surface area contributed by atoms with E-state index in [4.69, 9.17) is 0 Å². The summed E-state index contributed by atoms with van der Waals surface area (Å²) in [5.41, 5.74) is 1.00. The van der Waals surface area contributed by atoms with Crippen molar-refractivity contribution in [2.45, 2.75) is 18.9 Å². The molecular formula is C15H19N5OS. The Kier molecular flexibility index (Phi) is 4.24. The fourth-order valence-electron chi connectivity index (χ4n) is 2.56. The lowest BCUT2D eigenvalue weighted by Crippen LogP contribution is -2.39. The summed E-state index contributed by atoms with van der Waals surface area (Å²) in [6, 6.07) is 3.60. The average molecular weight is 317 g/mol. The van der Waals surface area contributed by atoms with Crippen molar-refractivity contribution in [2.24, 2.45) is 0 Å². The SMILES string of the molecule is CN(C)c1ccc(NC(=O)C2CCCN2c2nccs2)nc1. The molecule has 1 atom stereocenters. The molecule has 0 radical (unpaired) electrons. The Morgan fingerprint density at radius 2 is 2.27 bits per heavy atom. The minimum atomic E-state index is -0.165. The molecule has 1 aliphatic rings. The molecule has 1 unspecified atom stereocenters. The third kappa shape index (κ3) is 3.04. The van der Waals surface area contributed by atoms with Gasteiger partial charge >= 0.3 is 0 Å². The number of carbonyl (C=O) groups excluding carboxylic acids is 1. The predicted molar refractivity (Wildman–Crippen MR) is 89.7 cm³/mol. The first kappa shape index (κ1) is 14.8. The Bertz CT molecular complexity index is 626. The van der Waals surface area contributed by atoms with Crippen LogP contribution in [0.4, 0.5) is 16.6 Å². The zero-order valence-corrected chi connectivity index (χ0v) is 13.5. The molecule has 7 heteroatoms. The van der Waals surface area contributed by atoms with Gasteiger partial charge < -0.3 is 15.1 Å². The molecule has 2 aromatic heterocycles. The predicted octanol–water partition coefficient (Wildman–Crippen LogP) is 2.21. The van der Waals surface area contributed by atoms with Crippen LogP contribution in [0.3, 0.4) is 0 Å². The molecule has 116 valence electrons. The number of amides is 1. The van der Waals surface area contributed by atoms with Gasteiger partial charge in [-0.1, -0.05) is 0 Å². The molecular weight excluding hydrogens is 298 g/mol. The summed E-state index contributed by atoms with van der Waals surface area (Å²) in [5.74, 6) is 0.569. The van der Waals surface area contributed by atoms with E-state index in [1.165, 1.54) is 0 Å². The van der Waals surface area contributed by atoms with E-state index in [0.717, 1.165) is 30.2 Å². The molecule has 3 heterocycles. The van der Waals surface area contributed by atoms with Crippen molar-refractivity contribution >= 4 is 33.9 Å². The molecule has 3 rings (SSSR count). The van der Waals surface area contributed by atoms with E-state index in [0.29, 0.717) is 5.82 Å². The second-order valence-electron chi connectivity index (χ2n) is 5.45. The van der Waals surface area contributed by atoms with Crippen LogP contribution < -0.4 is 15.1 Å². The van der Waals surface area contributed by atoms with E-state index in [2.05, 4.69) is 20.2 Å². The van der Waals surface area contributed by atoms with Gasteiger partial charge in [0.05, 0.1) is 11.9 Å². The smallest absolute Gasteiger partial charge is 0.248 e. The van der Waals surface area contributed by atoms with Gasteiger partial charge in [-0.25, -0.2) is 9.97 Å². The van der Waals surface area contributed by atoms with E-state index in [1.807, 2.05) is 36.5 Å².